The molecule has 0 saturated carbocycles. The summed E-state index contributed by atoms with van der Waals surface area (Å²) in [4.78, 5) is 4.82. The molecule has 0 fully saturated rings. The lowest BCUT2D eigenvalue weighted by molar-refractivity contribution is 0.571. The predicted octanol–water partition coefficient (Wildman–Crippen LogP) is 11.5. The van der Waals surface area contributed by atoms with Crippen LogP contribution in [0.5, 0.6) is 0 Å². The van der Waals surface area contributed by atoms with Crippen LogP contribution in [-0.2, 0) is 10.8 Å². The minimum atomic E-state index is -0.0594. The molecule has 0 N–H and O–H groups in total. The third-order valence-corrected chi connectivity index (χ3v) is 9.37. The summed E-state index contributed by atoms with van der Waals surface area (Å²) in [5, 5.41) is 5.04. The van der Waals surface area contributed by atoms with Crippen molar-refractivity contribution in [2.24, 2.45) is 0 Å². The zero-order chi connectivity index (χ0) is 31.8. The molecular weight excluding hydrogens is 558 g/mol. The number of fused-ring (bicyclic) bond motifs is 6. The monoisotopic (exact) mass is 597 g/mol. The Labute approximate surface area is 270 Å². The number of rotatable bonds is 3. The predicted molar refractivity (Wildman–Crippen MR) is 196 cm³/mol. The van der Waals surface area contributed by atoms with Gasteiger partial charge in [0.15, 0.2) is 0 Å². The van der Waals surface area contributed by atoms with E-state index in [-0.39, 0.29) is 10.8 Å². The van der Waals surface area contributed by atoms with Crippen LogP contribution >= 0.6 is 0 Å². The van der Waals surface area contributed by atoms with Gasteiger partial charge in [0.05, 0.1) is 27.8 Å². The fourth-order valence-corrected chi connectivity index (χ4v) is 7.14. The van der Waals surface area contributed by atoms with Crippen molar-refractivity contribution in [3.8, 4) is 22.5 Å². The zero-order valence-corrected chi connectivity index (χ0v) is 27.5. The van der Waals surface area contributed by atoms with Crippen molar-refractivity contribution in [3.05, 3.63) is 139 Å². The third-order valence-electron chi connectivity index (χ3n) is 9.37. The summed E-state index contributed by atoms with van der Waals surface area (Å²) in [6.45, 7) is 13.6. The van der Waals surface area contributed by atoms with Crippen LogP contribution in [0.25, 0.3) is 66.1 Å². The normalized spacial score (nSPS) is 12.6. The maximum Gasteiger partial charge on any atom is 0.0541 e. The first-order chi connectivity index (χ1) is 22.1. The molecule has 0 spiro atoms. The molecule has 8 aromatic rings. The van der Waals surface area contributed by atoms with E-state index >= 15 is 0 Å². The lowest BCUT2D eigenvalue weighted by Crippen LogP contribution is -2.14. The number of hydrogen-bond donors (Lipinski definition) is 0. The number of para-hydroxylation sites is 3. The van der Waals surface area contributed by atoms with Gasteiger partial charge in [-0.25, -0.2) is 0 Å². The van der Waals surface area contributed by atoms with Crippen molar-refractivity contribution < 1.29 is 0 Å². The minimum absolute atomic E-state index is 0.0425. The Morgan fingerprint density at radius 2 is 0.957 bits per heavy atom. The molecule has 0 amide bonds. The van der Waals surface area contributed by atoms with Crippen molar-refractivity contribution in [2.75, 3.05) is 0 Å². The minimum Gasteiger partial charge on any atom is -0.309 e. The van der Waals surface area contributed by atoms with Gasteiger partial charge in [-0.1, -0.05) is 108 Å². The molecule has 0 aliphatic rings. The van der Waals surface area contributed by atoms with E-state index in [1.807, 2.05) is 12.3 Å². The van der Waals surface area contributed by atoms with Gasteiger partial charge in [0, 0.05) is 50.1 Å². The first-order valence-corrected chi connectivity index (χ1v) is 16.2. The Balaban J connectivity index is 1.42. The Hall–Kier alpha value is -5.15. The molecule has 46 heavy (non-hydrogen) atoms. The van der Waals surface area contributed by atoms with E-state index in [1.165, 1.54) is 71.7 Å². The number of benzene rings is 5. The topological polar surface area (TPSA) is 22.8 Å². The molecule has 3 heterocycles. The Bertz CT molecular complexity index is 2390. The first kappa shape index (κ1) is 28.3. The van der Waals surface area contributed by atoms with Crippen LogP contribution in [-0.4, -0.2) is 14.1 Å². The SMILES string of the molecule is CC(C)(C)c1cc(-n2c3ccccc3c3ccccc32)cc(-n2c3ccccc3c3cc(-c4cccnc4C(C)(C)C)ccc32)c1. The lowest BCUT2D eigenvalue weighted by atomic mass is 9.86. The molecule has 8 rings (SSSR count). The van der Waals surface area contributed by atoms with Gasteiger partial charge in [0.2, 0.25) is 0 Å². The van der Waals surface area contributed by atoms with Crippen LogP contribution in [0.1, 0.15) is 52.8 Å². The fraction of sp³-hybridized carbons (Fsp3) is 0.186. The van der Waals surface area contributed by atoms with Crippen LogP contribution in [0, 0.1) is 0 Å². The summed E-state index contributed by atoms with van der Waals surface area (Å²) >= 11 is 0. The summed E-state index contributed by atoms with van der Waals surface area (Å²) in [5.41, 5.74) is 11.9. The third kappa shape index (κ3) is 4.45. The van der Waals surface area contributed by atoms with Crippen LogP contribution in [0.3, 0.4) is 0 Å². The molecule has 3 nitrogen and oxygen atoms in total. The van der Waals surface area contributed by atoms with Crippen molar-refractivity contribution >= 4 is 43.6 Å². The van der Waals surface area contributed by atoms with Crippen LogP contribution in [0.4, 0.5) is 0 Å². The van der Waals surface area contributed by atoms with E-state index in [2.05, 4.69) is 166 Å². The summed E-state index contributed by atoms with van der Waals surface area (Å²) in [6.07, 6.45) is 1.91. The van der Waals surface area contributed by atoms with Crippen molar-refractivity contribution in [2.45, 2.75) is 52.4 Å². The molecule has 0 aliphatic heterocycles. The number of aromatic nitrogens is 3. The van der Waals surface area contributed by atoms with E-state index in [4.69, 9.17) is 4.98 Å². The lowest BCUT2D eigenvalue weighted by Gasteiger charge is -2.23. The number of nitrogens with zero attached hydrogens (tertiary/aromatic N) is 3. The summed E-state index contributed by atoms with van der Waals surface area (Å²) in [5.74, 6) is 0. The van der Waals surface area contributed by atoms with Crippen LogP contribution in [0.2, 0.25) is 0 Å². The molecule has 5 aromatic carbocycles. The van der Waals surface area contributed by atoms with Gasteiger partial charge in [0.1, 0.15) is 0 Å². The van der Waals surface area contributed by atoms with Crippen molar-refractivity contribution in [1.82, 2.24) is 14.1 Å². The molecule has 0 saturated heterocycles. The van der Waals surface area contributed by atoms with Gasteiger partial charge in [-0.15, -0.1) is 0 Å². The van der Waals surface area contributed by atoms with Gasteiger partial charge in [0.25, 0.3) is 0 Å². The van der Waals surface area contributed by atoms with Crippen LogP contribution in [0.15, 0.2) is 128 Å². The second kappa shape index (κ2) is 10.2. The molecule has 0 atom stereocenters. The van der Waals surface area contributed by atoms with Crippen LogP contribution < -0.4 is 0 Å². The maximum atomic E-state index is 4.82. The highest BCUT2D eigenvalue weighted by molar-refractivity contribution is 6.11. The highest BCUT2D eigenvalue weighted by atomic mass is 15.0. The number of pyridine rings is 1. The zero-order valence-electron chi connectivity index (χ0n) is 27.5. The summed E-state index contributed by atoms with van der Waals surface area (Å²) < 4.78 is 4.89. The maximum absolute atomic E-state index is 4.82. The largest absolute Gasteiger partial charge is 0.309 e. The molecule has 0 aliphatic carbocycles. The fourth-order valence-electron chi connectivity index (χ4n) is 7.14. The molecule has 226 valence electrons. The van der Waals surface area contributed by atoms with Gasteiger partial charge in [-0.3, -0.25) is 4.98 Å². The second-order valence-corrected chi connectivity index (χ2v) is 14.6. The first-order valence-electron chi connectivity index (χ1n) is 16.2. The van der Waals surface area contributed by atoms with E-state index in [9.17, 15) is 0 Å². The summed E-state index contributed by atoms with van der Waals surface area (Å²) in [7, 11) is 0. The number of hydrogen-bond acceptors (Lipinski definition) is 1. The average Bonchev–Trinajstić information content (AvgIpc) is 3.56. The molecule has 0 unspecified atom stereocenters. The van der Waals surface area contributed by atoms with Gasteiger partial charge in [-0.2, -0.15) is 0 Å². The molecule has 3 heteroatoms. The Morgan fingerprint density at radius 3 is 1.48 bits per heavy atom. The highest BCUT2D eigenvalue weighted by Crippen LogP contribution is 2.40. The van der Waals surface area contributed by atoms with E-state index in [0.717, 1.165) is 5.69 Å². The Morgan fingerprint density at radius 1 is 0.457 bits per heavy atom. The quantitative estimate of drug-likeness (QED) is 0.199. The van der Waals surface area contributed by atoms with E-state index < -0.39 is 0 Å². The average molecular weight is 598 g/mol. The highest BCUT2D eigenvalue weighted by Gasteiger charge is 2.23. The summed E-state index contributed by atoms with van der Waals surface area (Å²) in [6, 6.07) is 44.6. The van der Waals surface area contributed by atoms with Gasteiger partial charge in [-0.05, 0) is 71.1 Å². The van der Waals surface area contributed by atoms with Gasteiger partial charge >= 0.3 is 0 Å². The van der Waals surface area contributed by atoms with Crippen molar-refractivity contribution in [3.63, 3.8) is 0 Å². The second-order valence-electron chi connectivity index (χ2n) is 14.6. The van der Waals surface area contributed by atoms with E-state index in [1.54, 1.807) is 0 Å². The van der Waals surface area contributed by atoms with E-state index in [0.29, 0.717) is 0 Å². The standard InChI is InChI=1S/C43H39N3/c1-42(2,3)29-25-30(45-37-18-10-7-14-33(37)34-15-8-11-19-38(34)45)27-31(26-29)46-39-20-12-9-16-35(39)36-24-28(21-22-40(36)46)32-17-13-23-44-41(32)43(4,5)6/h7-27H,1-6H3. The van der Waals surface area contributed by atoms with Crippen molar-refractivity contribution in [1.29, 1.82) is 0 Å². The molecule has 3 aromatic heterocycles. The smallest absolute Gasteiger partial charge is 0.0541 e. The molecule has 0 bridgehead atoms. The Kier molecular flexibility index (Phi) is 6.27. The molecule has 0 radical (unpaired) electrons. The van der Waals surface area contributed by atoms with Gasteiger partial charge < -0.3 is 9.13 Å². The molecular formula is C43H39N3.